The minimum atomic E-state index is -0.152. The standard InChI is InChI=1S/C21H28N6O2/c1-21(2,3)27-20(15-7-9-19-22-13-23-26(19)12-15)24-18(25-27)11-14-6-8-16(28-4)17(10-14)29-5/h6,8,10,13,15H,7,9,11-12H2,1-5H3. The van der Waals surface area contributed by atoms with Gasteiger partial charge >= 0.3 is 0 Å². The quantitative estimate of drug-likeness (QED) is 0.660. The van der Waals surface area contributed by atoms with Crippen molar-refractivity contribution in [1.82, 2.24) is 29.5 Å². The molecule has 3 aromatic rings. The number of benzene rings is 1. The van der Waals surface area contributed by atoms with Gasteiger partial charge in [0.2, 0.25) is 0 Å². The van der Waals surface area contributed by atoms with E-state index in [1.165, 1.54) is 0 Å². The van der Waals surface area contributed by atoms with Gasteiger partial charge in [-0.05, 0) is 44.9 Å². The van der Waals surface area contributed by atoms with E-state index in [-0.39, 0.29) is 11.5 Å². The van der Waals surface area contributed by atoms with Gasteiger partial charge in [0.05, 0.1) is 26.3 Å². The number of hydrogen-bond acceptors (Lipinski definition) is 6. The molecule has 154 valence electrons. The second kappa shape index (κ2) is 7.50. The smallest absolute Gasteiger partial charge is 0.161 e. The van der Waals surface area contributed by atoms with Gasteiger partial charge in [-0.25, -0.2) is 19.3 Å². The highest BCUT2D eigenvalue weighted by Crippen LogP contribution is 2.31. The zero-order valence-electron chi connectivity index (χ0n) is 17.7. The summed E-state index contributed by atoms with van der Waals surface area (Å²) in [5, 5.41) is 9.24. The lowest BCUT2D eigenvalue weighted by molar-refractivity contribution is 0.310. The molecule has 1 aliphatic heterocycles. The molecular weight excluding hydrogens is 368 g/mol. The van der Waals surface area contributed by atoms with Crippen LogP contribution >= 0.6 is 0 Å². The van der Waals surface area contributed by atoms with E-state index in [1.54, 1.807) is 20.5 Å². The fourth-order valence-corrected chi connectivity index (χ4v) is 3.82. The summed E-state index contributed by atoms with van der Waals surface area (Å²) in [6, 6.07) is 5.93. The zero-order valence-corrected chi connectivity index (χ0v) is 17.7. The Bertz CT molecular complexity index is 1000. The number of aromatic nitrogens is 6. The van der Waals surface area contributed by atoms with E-state index >= 15 is 0 Å². The molecule has 0 fully saturated rings. The lowest BCUT2D eigenvalue weighted by Gasteiger charge is -2.27. The monoisotopic (exact) mass is 396 g/mol. The fraction of sp³-hybridized carbons (Fsp3) is 0.524. The van der Waals surface area contributed by atoms with E-state index < -0.39 is 0 Å². The van der Waals surface area contributed by atoms with E-state index in [4.69, 9.17) is 19.6 Å². The van der Waals surface area contributed by atoms with Crippen LogP contribution in [0.25, 0.3) is 0 Å². The summed E-state index contributed by atoms with van der Waals surface area (Å²) in [5.74, 6) is 4.59. The van der Waals surface area contributed by atoms with Crippen LogP contribution in [0.4, 0.5) is 0 Å². The maximum Gasteiger partial charge on any atom is 0.161 e. The maximum absolute atomic E-state index is 5.43. The van der Waals surface area contributed by atoms with Crippen LogP contribution in [0.5, 0.6) is 11.5 Å². The molecule has 8 heteroatoms. The molecular formula is C21H28N6O2. The minimum absolute atomic E-state index is 0.152. The van der Waals surface area contributed by atoms with Gasteiger partial charge in [0, 0.05) is 18.8 Å². The third-order valence-electron chi connectivity index (χ3n) is 5.29. The summed E-state index contributed by atoms with van der Waals surface area (Å²) in [4.78, 5) is 9.30. The van der Waals surface area contributed by atoms with Crippen LogP contribution in [0.15, 0.2) is 24.5 Å². The highest BCUT2D eigenvalue weighted by molar-refractivity contribution is 5.43. The summed E-state index contributed by atoms with van der Waals surface area (Å²) in [6.45, 7) is 7.28. The molecule has 2 aromatic heterocycles. The molecule has 1 unspecified atom stereocenters. The van der Waals surface area contributed by atoms with Crippen molar-refractivity contribution in [1.29, 1.82) is 0 Å². The molecule has 29 heavy (non-hydrogen) atoms. The van der Waals surface area contributed by atoms with Gasteiger partial charge in [0.15, 0.2) is 17.3 Å². The summed E-state index contributed by atoms with van der Waals surface area (Å²) < 4.78 is 14.8. The highest BCUT2D eigenvalue weighted by Gasteiger charge is 2.30. The molecule has 8 nitrogen and oxygen atoms in total. The van der Waals surface area contributed by atoms with Crippen molar-refractivity contribution in [3.8, 4) is 11.5 Å². The Hall–Kier alpha value is -2.90. The normalized spacial score (nSPS) is 16.5. The van der Waals surface area contributed by atoms with Crippen LogP contribution in [0, 0.1) is 0 Å². The van der Waals surface area contributed by atoms with E-state index in [1.807, 2.05) is 22.9 Å². The van der Waals surface area contributed by atoms with Crippen molar-refractivity contribution in [3.05, 3.63) is 47.6 Å². The number of fused-ring (bicyclic) bond motifs is 1. The maximum atomic E-state index is 5.43. The number of rotatable bonds is 5. The largest absolute Gasteiger partial charge is 0.493 e. The summed E-state index contributed by atoms with van der Waals surface area (Å²) in [7, 11) is 3.29. The molecule has 0 N–H and O–H groups in total. The van der Waals surface area contributed by atoms with E-state index in [2.05, 4.69) is 35.5 Å². The molecule has 0 saturated heterocycles. The highest BCUT2D eigenvalue weighted by atomic mass is 16.5. The molecule has 0 amide bonds. The topological polar surface area (TPSA) is 79.9 Å². The van der Waals surface area contributed by atoms with Crippen LogP contribution in [-0.4, -0.2) is 43.7 Å². The lowest BCUT2D eigenvalue weighted by Crippen LogP contribution is -2.30. The molecule has 0 aliphatic carbocycles. The third kappa shape index (κ3) is 3.83. The second-order valence-corrected chi connectivity index (χ2v) is 8.43. The predicted octanol–water partition coefficient (Wildman–Crippen LogP) is 2.96. The van der Waals surface area contributed by atoms with Crippen molar-refractivity contribution in [2.24, 2.45) is 0 Å². The van der Waals surface area contributed by atoms with Crippen molar-refractivity contribution in [2.45, 2.75) is 58.0 Å². The van der Waals surface area contributed by atoms with Crippen molar-refractivity contribution in [3.63, 3.8) is 0 Å². The average Bonchev–Trinajstić information content (AvgIpc) is 3.33. The summed E-state index contributed by atoms with van der Waals surface area (Å²) in [5.41, 5.74) is 0.934. The minimum Gasteiger partial charge on any atom is -0.493 e. The van der Waals surface area contributed by atoms with Gasteiger partial charge in [-0.2, -0.15) is 10.2 Å². The Kier molecular flexibility index (Phi) is 5.02. The molecule has 1 aromatic carbocycles. The van der Waals surface area contributed by atoms with Gasteiger partial charge in [0.1, 0.15) is 18.0 Å². The Morgan fingerprint density at radius 2 is 1.93 bits per heavy atom. The number of hydrogen-bond donors (Lipinski definition) is 0. The fourth-order valence-electron chi connectivity index (χ4n) is 3.82. The predicted molar refractivity (Wildman–Crippen MR) is 108 cm³/mol. The number of ether oxygens (including phenoxy) is 2. The number of aryl methyl sites for hydroxylation is 1. The van der Waals surface area contributed by atoms with Crippen molar-refractivity contribution < 1.29 is 9.47 Å². The average molecular weight is 396 g/mol. The first-order valence-corrected chi connectivity index (χ1v) is 9.93. The first kappa shape index (κ1) is 19.4. The third-order valence-corrected chi connectivity index (χ3v) is 5.29. The second-order valence-electron chi connectivity index (χ2n) is 8.43. The molecule has 0 saturated carbocycles. The zero-order chi connectivity index (χ0) is 20.6. The van der Waals surface area contributed by atoms with Crippen LogP contribution < -0.4 is 9.47 Å². The summed E-state index contributed by atoms with van der Waals surface area (Å²) >= 11 is 0. The van der Waals surface area contributed by atoms with Crippen LogP contribution in [0.1, 0.15) is 56.1 Å². The summed E-state index contributed by atoms with van der Waals surface area (Å²) in [6.07, 6.45) is 4.18. The van der Waals surface area contributed by atoms with E-state index in [0.29, 0.717) is 12.2 Å². The van der Waals surface area contributed by atoms with Crippen molar-refractivity contribution in [2.75, 3.05) is 14.2 Å². The van der Waals surface area contributed by atoms with Crippen LogP contribution in [0.3, 0.4) is 0 Å². The Morgan fingerprint density at radius 1 is 1.14 bits per heavy atom. The molecule has 0 radical (unpaired) electrons. The molecule has 3 heterocycles. The van der Waals surface area contributed by atoms with Gasteiger partial charge in [0.25, 0.3) is 0 Å². The van der Waals surface area contributed by atoms with Crippen molar-refractivity contribution >= 4 is 0 Å². The molecule has 1 atom stereocenters. The van der Waals surface area contributed by atoms with Gasteiger partial charge in [-0.3, -0.25) is 0 Å². The van der Waals surface area contributed by atoms with Gasteiger partial charge < -0.3 is 9.47 Å². The molecule has 0 spiro atoms. The van der Waals surface area contributed by atoms with Gasteiger partial charge in [-0.15, -0.1) is 0 Å². The SMILES string of the molecule is COc1ccc(Cc2nc(C3CCc4ncnn4C3)n(C(C)(C)C)n2)cc1OC. The molecule has 0 bridgehead atoms. The Balaban J connectivity index is 1.64. The van der Waals surface area contributed by atoms with Crippen LogP contribution in [-0.2, 0) is 24.9 Å². The first-order valence-electron chi connectivity index (χ1n) is 9.93. The first-order chi connectivity index (χ1) is 13.9. The number of methoxy groups -OCH3 is 2. The van der Waals surface area contributed by atoms with E-state index in [0.717, 1.165) is 48.2 Å². The Morgan fingerprint density at radius 3 is 2.66 bits per heavy atom. The Labute approximate surface area is 170 Å². The molecule has 4 rings (SSSR count). The molecule has 1 aliphatic rings. The number of nitrogens with zero attached hydrogens (tertiary/aromatic N) is 6. The van der Waals surface area contributed by atoms with Gasteiger partial charge in [-0.1, -0.05) is 6.07 Å². The lowest BCUT2D eigenvalue weighted by atomic mass is 9.97. The van der Waals surface area contributed by atoms with Crippen LogP contribution in [0.2, 0.25) is 0 Å². The van der Waals surface area contributed by atoms with E-state index in [9.17, 15) is 0 Å².